The van der Waals surface area contributed by atoms with Gasteiger partial charge in [-0.2, -0.15) is 0 Å². The van der Waals surface area contributed by atoms with Gasteiger partial charge < -0.3 is 20.9 Å². The van der Waals surface area contributed by atoms with Crippen molar-refractivity contribution in [1.82, 2.24) is 15.5 Å². The minimum absolute atomic E-state index is 0.185. The van der Waals surface area contributed by atoms with Crippen LogP contribution >= 0.6 is 22.9 Å². The van der Waals surface area contributed by atoms with Crippen LogP contribution in [0.25, 0.3) is 0 Å². The number of hydrogen-bond acceptors (Lipinski definition) is 4. The molecule has 2 heterocycles. The van der Waals surface area contributed by atoms with Crippen molar-refractivity contribution in [2.24, 2.45) is 5.92 Å². The maximum absolute atomic E-state index is 12.9. The summed E-state index contributed by atoms with van der Waals surface area (Å²) in [5, 5.41) is 11.1. The zero-order valence-electron chi connectivity index (χ0n) is 17.4. The van der Waals surface area contributed by atoms with Gasteiger partial charge in [0.2, 0.25) is 5.91 Å². The molecule has 0 unspecified atom stereocenters. The second-order valence-electron chi connectivity index (χ2n) is 7.87. The van der Waals surface area contributed by atoms with Crippen LogP contribution in [0.4, 0.5) is 10.5 Å². The normalized spacial score (nSPS) is 16.3. The van der Waals surface area contributed by atoms with E-state index in [1.54, 1.807) is 24.3 Å². The largest absolute Gasteiger partial charge is 0.354 e. The number of likely N-dealkylation sites (tertiary alicyclic amines) is 1. The summed E-state index contributed by atoms with van der Waals surface area (Å²) in [6.45, 7) is 7.19. The second-order valence-corrected chi connectivity index (χ2v) is 9.29. The number of halogens is 1. The molecule has 0 bridgehead atoms. The fourth-order valence-corrected chi connectivity index (χ4v) is 4.47. The first kappa shape index (κ1) is 22.6. The number of nitrogens with one attached hydrogen (secondary N) is 3. The molecule has 3 rings (SSSR count). The van der Waals surface area contributed by atoms with E-state index < -0.39 is 12.1 Å². The lowest BCUT2D eigenvalue weighted by Crippen LogP contribution is -2.45. The van der Waals surface area contributed by atoms with Gasteiger partial charge in [-0.25, -0.2) is 4.79 Å². The van der Waals surface area contributed by atoms with Gasteiger partial charge in [-0.05, 0) is 81.4 Å². The molecule has 1 aromatic carbocycles. The fraction of sp³-hybridized carbons (Fsp3) is 0.455. The molecule has 0 aliphatic carbocycles. The van der Waals surface area contributed by atoms with Gasteiger partial charge in [0, 0.05) is 28.2 Å². The van der Waals surface area contributed by atoms with Crippen molar-refractivity contribution in [2.45, 2.75) is 38.8 Å². The minimum Gasteiger partial charge on any atom is -0.354 e. The highest BCUT2D eigenvalue weighted by molar-refractivity contribution is 7.10. The van der Waals surface area contributed by atoms with Crippen LogP contribution in [0.2, 0.25) is 5.02 Å². The van der Waals surface area contributed by atoms with Crippen LogP contribution in [-0.4, -0.2) is 42.5 Å². The number of thiophene rings is 1. The van der Waals surface area contributed by atoms with E-state index in [-0.39, 0.29) is 5.91 Å². The predicted octanol–water partition coefficient (Wildman–Crippen LogP) is 4.50. The van der Waals surface area contributed by atoms with Crippen LogP contribution in [0, 0.1) is 5.92 Å². The molecular formula is C22H29ClN4O2S. The van der Waals surface area contributed by atoms with E-state index in [4.69, 9.17) is 11.6 Å². The van der Waals surface area contributed by atoms with E-state index in [0.717, 1.165) is 30.8 Å². The van der Waals surface area contributed by atoms with Gasteiger partial charge in [-0.1, -0.05) is 17.7 Å². The van der Waals surface area contributed by atoms with Crippen molar-refractivity contribution in [3.05, 3.63) is 51.7 Å². The highest BCUT2D eigenvalue weighted by Gasteiger charge is 2.26. The van der Waals surface area contributed by atoms with E-state index in [2.05, 4.69) is 34.7 Å². The number of piperidine rings is 1. The van der Waals surface area contributed by atoms with Crippen LogP contribution in [-0.2, 0) is 4.79 Å². The van der Waals surface area contributed by atoms with Crippen LogP contribution in [0.3, 0.4) is 0 Å². The minimum atomic E-state index is -0.729. The third-order valence-electron chi connectivity index (χ3n) is 5.41. The zero-order valence-corrected chi connectivity index (χ0v) is 18.9. The average Bonchev–Trinajstić information content (AvgIpc) is 3.27. The standard InChI is InChI=1S/C22H29ClN4O2S/c1-15(2)27-11-9-16(10-12-27)14-24-21(28)20(19-4-3-13-30-19)26-22(29)25-18-7-5-17(23)6-8-18/h3-8,13,15-16,20H,9-12,14H2,1-2H3,(H,24,28)(H2,25,26,29)/t20-/m0/s1. The van der Waals surface area contributed by atoms with Crippen molar-refractivity contribution in [1.29, 1.82) is 0 Å². The summed E-state index contributed by atoms with van der Waals surface area (Å²) in [5.41, 5.74) is 0.610. The van der Waals surface area contributed by atoms with E-state index in [0.29, 0.717) is 29.2 Å². The van der Waals surface area contributed by atoms with Gasteiger partial charge in [-0.3, -0.25) is 4.79 Å². The maximum Gasteiger partial charge on any atom is 0.320 e. The molecule has 2 aromatic rings. The molecule has 1 saturated heterocycles. The number of hydrogen-bond donors (Lipinski definition) is 3. The Morgan fingerprint density at radius 3 is 2.47 bits per heavy atom. The quantitative estimate of drug-likeness (QED) is 0.583. The Hall–Kier alpha value is -2.09. The Bertz CT molecular complexity index is 818. The van der Waals surface area contributed by atoms with Gasteiger partial charge in [0.1, 0.15) is 6.04 Å². The summed E-state index contributed by atoms with van der Waals surface area (Å²) in [6.07, 6.45) is 2.15. The van der Waals surface area contributed by atoms with Crippen LogP contribution in [0.15, 0.2) is 41.8 Å². The number of rotatable bonds is 7. The molecule has 1 aromatic heterocycles. The number of urea groups is 1. The Morgan fingerprint density at radius 2 is 1.87 bits per heavy atom. The molecule has 162 valence electrons. The lowest BCUT2D eigenvalue weighted by atomic mass is 9.96. The van der Waals surface area contributed by atoms with E-state index in [1.807, 2.05) is 17.5 Å². The number of benzene rings is 1. The lowest BCUT2D eigenvalue weighted by Gasteiger charge is -2.34. The average molecular weight is 449 g/mol. The Morgan fingerprint density at radius 1 is 1.17 bits per heavy atom. The SMILES string of the molecule is CC(C)N1CCC(CNC(=O)[C@@H](NC(=O)Nc2ccc(Cl)cc2)c2cccs2)CC1. The Labute approximate surface area is 187 Å². The molecule has 3 N–H and O–H groups in total. The molecule has 0 saturated carbocycles. The summed E-state index contributed by atoms with van der Waals surface area (Å²) in [5.74, 6) is 0.283. The number of carbonyl (C=O) groups is 2. The van der Waals surface area contributed by atoms with Gasteiger partial charge in [0.15, 0.2) is 0 Å². The number of anilines is 1. The molecule has 1 atom stereocenters. The molecule has 0 radical (unpaired) electrons. The van der Waals surface area contributed by atoms with Gasteiger partial charge in [-0.15, -0.1) is 11.3 Å². The van der Waals surface area contributed by atoms with Crippen molar-refractivity contribution in [3.8, 4) is 0 Å². The van der Waals surface area contributed by atoms with Crippen molar-refractivity contribution < 1.29 is 9.59 Å². The number of nitrogens with zero attached hydrogens (tertiary/aromatic N) is 1. The van der Waals surface area contributed by atoms with Crippen molar-refractivity contribution in [3.63, 3.8) is 0 Å². The van der Waals surface area contributed by atoms with Crippen molar-refractivity contribution >= 4 is 40.6 Å². The Balaban J connectivity index is 1.55. The van der Waals surface area contributed by atoms with E-state index >= 15 is 0 Å². The smallest absolute Gasteiger partial charge is 0.320 e. The highest BCUT2D eigenvalue weighted by Crippen LogP contribution is 2.22. The lowest BCUT2D eigenvalue weighted by molar-refractivity contribution is -0.123. The zero-order chi connectivity index (χ0) is 21.5. The molecule has 30 heavy (non-hydrogen) atoms. The predicted molar refractivity (Wildman–Crippen MR) is 123 cm³/mol. The second kappa shape index (κ2) is 10.8. The first-order valence-electron chi connectivity index (χ1n) is 10.3. The third kappa shape index (κ3) is 6.45. The van der Waals surface area contributed by atoms with Gasteiger partial charge in [0.05, 0.1) is 0 Å². The first-order valence-corrected chi connectivity index (χ1v) is 11.6. The molecule has 8 heteroatoms. The van der Waals surface area contributed by atoms with E-state index in [1.165, 1.54) is 11.3 Å². The highest BCUT2D eigenvalue weighted by atomic mass is 35.5. The summed E-state index contributed by atoms with van der Waals surface area (Å²) in [4.78, 5) is 28.7. The number of amides is 3. The summed E-state index contributed by atoms with van der Waals surface area (Å²) in [6, 6.07) is 9.96. The molecule has 1 aliphatic rings. The molecule has 1 fully saturated rings. The maximum atomic E-state index is 12.9. The topological polar surface area (TPSA) is 73.5 Å². The van der Waals surface area contributed by atoms with Crippen LogP contribution < -0.4 is 16.0 Å². The molecule has 1 aliphatic heterocycles. The first-order chi connectivity index (χ1) is 14.4. The van der Waals surface area contributed by atoms with Crippen LogP contribution in [0.5, 0.6) is 0 Å². The van der Waals surface area contributed by atoms with Crippen LogP contribution in [0.1, 0.15) is 37.6 Å². The summed E-state index contributed by atoms with van der Waals surface area (Å²) in [7, 11) is 0. The fourth-order valence-electron chi connectivity index (χ4n) is 3.57. The molecular weight excluding hydrogens is 420 g/mol. The summed E-state index contributed by atoms with van der Waals surface area (Å²) >= 11 is 7.33. The summed E-state index contributed by atoms with van der Waals surface area (Å²) < 4.78 is 0. The van der Waals surface area contributed by atoms with Gasteiger partial charge in [0.25, 0.3) is 0 Å². The molecule has 6 nitrogen and oxygen atoms in total. The van der Waals surface area contributed by atoms with Crippen molar-refractivity contribution in [2.75, 3.05) is 25.0 Å². The molecule has 0 spiro atoms. The Kier molecular flexibility index (Phi) is 8.13. The third-order valence-corrected chi connectivity index (χ3v) is 6.60. The number of carbonyl (C=O) groups excluding carboxylic acids is 2. The van der Waals surface area contributed by atoms with Gasteiger partial charge >= 0.3 is 6.03 Å². The van der Waals surface area contributed by atoms with E-state index in [9.17, 15) is 9.59 Å². The molecule has 3 amide bonds. The monoisotopic (exact) mass is 448 g/mol.